The Bertz CT molecular complexity index is 980. The predicted molar refractivity (Wildman–Crippen MR) is 138 cm³/mol. The zero-order valence-electron chi connectivity index (χ0n) is 20.2. The molecule has 2 aromatic rings. The van der Waals surface area contributed by atoms with E-state index in [1.807, 2.05) is 24.3 Å². The minimum absolute atomic E-state index is 0.0541. The third-order valence-corrected chi connectivity index (χ3v) is 8.54. The zero-order chi connectivity index (χ0) is 23.5. The summed E-state index contributed by atoms with van der Waals surface area (Å²) < 4.78 is 0. The first kappa shape index (κ1) is 23.8. The van der Waals surface area contributed by atoms with Crippen LogP contribution in [0.1, 0.15) is 42.4 Å². The van der Waals surface area contributed by atoms with E-state index in [4.69, 9.17) is 11.6 Å². The van der Waals surface area contributed by atoms with Gasteiger partial charge in [-0.05, 0) is 80.9 Å². The van der Waals surface area contributed by atoms with Gasteiger partial charge in [0.2, 0.25) is 5.91 Å². The van der Waals surface area contributed by atoms with Crippen molar-refractivity contribution >= 4 is 17.5 Å². The number of likely N-dealkylation sites (tertiary alicyclic amines) is 1. The van der Waals surface area contributed by atoms with Gasteiger partial charge in [-0.25, -0.2) is 0 Å². The molecule has 3 aliphatic heterocycles. The third kappa shape index (κ3) is 4.90. The number of halogens is 1. The normalized spacial score (nSPS) is 23.1. The molecule has 2 atom stereocenters. The Morgan fingerprint density at radius 3 is 2.65 bits per heavy atom. The van der Waals surface area contributed by atoms with E-state index in [-0.39, 0.29) is 17.5 Å². The number of carbonyl (C=O) groups excluding carboxylic acids is 1. The van der Waals surface area contributed by atoms with Gasteiger partial charge in [-0.2, -0.15) is 0 Å². The predicted octanol–water partition coefficient (Wildman–Crippen LogP) is 3.60. The molecule has 0 aromatic heterocycles. The van der Waals surface area contributed by atoms with Crippen LogP contribution in [0.15, 0.2) is 48.5 Å². The molecule has 1 unspecified atom stereocenters. The van der Waals surface area contributed by atoms with Crippen LogP contribution in [0.4, 0.5) is 0 Å². The van der Waals surface area contributed by atoms with Crippen molar-refractivity contribution in [3.63, 3.8) is 0 Å². The Morgan fingerprint density at radius 2 is 1.91 bits per heavy atom. The fourth-order valence-corrected chi connectivity index (χ4v) is 6.31. The summed E-state index contributed by atoms with van der Waals surface area (Å²) in [6, 6.07) is 17.1. The standard InChI is InChI=1S/C28H37ClN4O/c1-32-16-12-22-5-2-3-7-25(22)28(32)13-17-33(18-14-28)27(34)26(31-20-24-6-4-15-30-24)19-21-8-10-23(29)11-9-21/h2-3,5,7-11,24,26,30-31H,4,6,12-20H2,1H3/t24?,26-/m1/s1. The maximum Gasteiger partial charge on any atom is 0.240 e. The molecular weight excluding hydrogens is 444 g/mol. The summed E-state index contributed by atoms with van der Waals surface area (Å²) in [5.74, 6) is 0.231. The number of nitrogens with zero attached hydrogens (tertiary/aromatic N) is 2. The highest BCUT2D eigenvalue weighted by molar-refractivity contribution is 6.30. The van der Waals surface area contributed by atoms with Gasteiger partial charge in [0.05, 0.1) is 6.04 Å². The molecule has 2 saturated heterocycles. The average molecular weight is 481 g/mol. The van der Waals surface area contributed by atoms with Gasteiger partial charge in [0, 0.05) is 42.8 Å². The Hall–Kier alpha value is -1.92. The molecular formula is C28H37ClN4O. The molecule has 5 nitrogen and oxygen atoms in total. The van der Waals surface area contributed by atoms with Crippen molar-refractivity contribution in [3.05, 3.63) is 70.2 Å². The molecule has 3 heterocycles. The van der Waals surface area contributed by atoms with Gasteiger partial charge in [0.25, 0.3) is 0 Å². The van der Waals surface area contributed by atoms with E-state index < -0.39 is 0 Å². The van der Waals surface area contributed by atoms with E-state index in [1.54, 1.807) is 0 Å². The van der Waals surface area contributed by atoms with Crippen molar-refractivity contribution in [1.82, 2.24) is 20.4 Å². The van der Waals surface area contributed by atoms with Crippen LogP contribution in [0.2, 0.25) is 5.02 Å². The second-order valence-corrected chi connectivity index (χ2v) is 10.7. The van der Waals surface area contributed by atoms with Crippen LogP contribution >= 0.6 is 11.6 Å². The van der Waals surface area contributed by atoms with Crippen LogP contribution in [0.3, 0.4) is 0 Å². The maximum atomic E-state index is 13.8. The lowest BCUT2D eigenvalue weighted by atomic mass is 9.74. The number of nitrogens with one attached hydrogen (secondary N) is 2. The molecule has 6 heteroatoms. The Balaban J connectivity index is 1.29. The Labute approximate surface area is 208 Å². The summed E-state index contributed by atoms with van der Waals surface area (Å²) in [4.78, 5) is 18.4. The number of hydrogen-bond acceptors (Lipinski definition) is 4. The monoisotopic (exact) mass is 480 g/mol. The smallest absolute Gasteiger partial charge is 0.240 e. The number of rotatable bonds is 6. The molecule has 2 fully saturated rings. The first-order valence-corrected chi connectivity index (χ1v) is 13.2. The lowest BCUT2D eigenvalue weighted by Gasteiger charge is -2.51. The second kappa shape index (κ2) is 10.4. The quantitative estimate of drug-likeness (QED) is 0.663. The largest absolute Gasteiger partial charge is 0.341 e. The molecule has 0 saturated carbocycles. The number of benzene rings is 2. The second-order valence-electron chi connectivity index (χ2n) is 10.3. The molecule has 3 aliphatic rings. The summed E-state index contributed by atoms with van der Waals surface area (Å²) >= 11 is 6.10. The summed E-state index contributed by atoms with van der Waals surface area (Å²) in [5, 5.41) is 7.89. The topological polar surface area (TPSA) is 47.6 Å². The first-order valence-electron chi connectivity index (χ1n) is 12.8. The van der Waals surface area contributed by atoms with Crippen molar-refractivity contribution in [2.45, 2.75) is 56.1 Å². The molecule has 1 spiro atoms. The van der Waals surface area contributed by atoms with Crippen LogP contribution < -0.4 is 10.6 Å². The average Bonchev–Trinajstić information content (AvgIpc) is 3.39. The highest BCUT2D eigenvalue weighted by atomic mass is 35.5. The number of hydrogen-bond donors (Lipinski definition) is 2. The fourth-order valence-electron chi connectivity index (χ4n) is 6.19. The van der Waals surface area contributed by atoms with Crippen LogP contribution in [-0.2, 0) is 23.2 Å². The molecule has 2 aromatic carbocycles. The summed E-state index contributed by atoms with van der Waals surface area (Å²) in [6.07, 6.45) is 6.17. The molecule has 34 heavy (non-hydrogen) atoms. The van der Waals surface area contributed by atoms with Crippen molar-refractivity contribution in [2.24, 2.45) is 0 Å². The summed E-state index contributed by atoms with van der Waals surface area (Å²) in [6.45, 7) is 4.60. The van der Waals surface area contributed by atoms with Gasteiger partial charge in [-0.15, -0.1) is 0 Å². The van der Waals surface area contributed by atoms with E-state index in [0.717, 1.165) is 62.6 Å². The van der Waals surface area contributed by atoms with Crippen molar-refractivity contribution in [3.8, 4) is 0 Å². The molecule has 182 valence electrons. The summed E-state index contributed by atoms with van der Waals surface area (Å²) in [5.41, 5.74) is 4.15. The van der Waals surface area contributed by atoms with Gasteiger partial charge in [0.1, 0.15) is 0 Å². The zero-order valence-corrected chi connectivity index (χ0v) is 21.0. The molecule has 0 aliphatic carbocycles. The van der Waals surface area contributed by atoms with E-state index in [0.29, 0.717) is 12.5 Å². The molecule has 5 rings (SSSR count). The van der Waals surface area contributed by atoms with Gasteiger partial charge < -0.3 is 15.5 Å². The van der Waals surface area contributed by atoms with Gasteiger partial charge in [-0.1, -0.05) is 48.0 Å². The van der Waals surface area contributed by atoms with Gasteiger partial charge in [0.15, 0.2) is 0 Å². The number of amides is 1. The fraction of sp³-hybridized carbons (Fsp3) is 0.536. The minimum atomic E-state index is -0.214. The van der Waals surface area contributed by atoms with Gasteiger partial charge >= 0.3 is 0 Å². The van der Waals surface area contributed by atoms with E-state index in [9.17, 15) is 4.79 Å². The number of piperidine rings is 1. The Kier molecular flexibility index (Phi) is 7.26. The van der Waals surface area contributed by atoms with Crippen molar-refractivity contribution in [1.29, 1.82) is 0 Å². The Morgan fingerprint density at radius 1 is 1.15 bits per heavy atom. The van der Waals surface area contributed by atoms with Crippen LogP contribution in [0.25, 0.3) is 0 Å². The molecule has 0 bridgehead atoms. The van der Waals surface area contributed by atoms with Crippen LogP contribution in [-0.4, -0.2) is 67.6 Å². The molecule has 1 amide bonds. The van der Waals surface area contributed by atoms with E-state index in [2.05, 4.69) is 51.7 Å². The van der Waals surface area contributed by atoms with Crippen molar-refractivity contribution < 1.29 is 4.79 Å². The number of carbonyl (C=O) groups is 1. The maximum absolute atomic E-state index is 13.8. The lowest BCUT2D eigenvalue weighted by molar-refractivity contribution is -0.136. The van der Waals surface area contributed by atoms with E-state index in [1.165, 1.54) is 24.0 Å². The third-order valence-electron chi connectivity index (χ3n) is 8.29. The summed E-state index contributed by atoms with van der Waals surface area (Å²) in [7, 11) is 2.26. The molecule has 0 radical (unpaired) electrons. The highest BCUT2D eigenvalue weighted by Crippen LogP contribution is 2.42. The lowest BCUT2D eigenvalue weighted by Crippen LogP contribution is -2.58. The number of fused-ring (bicyclic) bond motifs is 2. The SMILES string of the molecule is CN1CCc2ccccc2C12CCN(C(=O)[C@@H](Cc1ccc(Cl)cc1)NCC1CCCN1)CC2. The van der Waals surface area contributed by atoms with Gasteiger partial charge in [-0.3, -0.25) is 9.69 Å². The van der Waals surface area contributed by atoms with Crippen LogP contribution in [0, 0.1) is 0 Å². The molecule has 2 N–H and O–H groups in total. The van der Waals surface area contributed by atoms with Crippen LogP contribution in [0.5, 0.6) is 0 Å². The van der Waals surface area contributed by atoms with E-state index >= 15 is 0 Å². The van der Waals surface area contributed by atoms with Crippen molar-refractivity contribution in [2.75, 3.05) is 39.8 Å². The highest BCUT2D eigenvalue weighted by Gasteiger charge is 2.44. The minimum Gasteiger partial charge on any atom is -0.341 e. The number of likely N-dealkylation sites (N-methyl/N-ethyl adjacent to an activating group) is 1. The first-order chi connectivity index (χ1) is 16.5.